The number of nitrogens with one attached hydrogen (secondary N) is 1. The number of amides is 1. The van der Waals surface area contributed by atoms with Gasteiger partial charge in [0.05, 0.1) is 22.8 Å². The molecule has 19 heavy (non-hydrogen) atoms. The Hall–Kier alpha value is -0.270. The summed E-state index contributed by atoms with van der Waals surface area (Å²) in [5.41, 5.74) is 5.31. The zero-order chi connectivity index (χ0) is 14.7. The Morgan fingerprint density at radius 2 is 2.16 bits per heavy atom. The third-order valence-corrected chi connectivity index (χ3v) is 7.05. The number of carbonyl (C=O) groups excluding carboxylic acids is 1. The molecule has 2 unspecified atom stereocenters. The van der Waals surface area contributed by atoms with Crippen molar-refractivity contribution in [2.75, 3.05) is 23.8 Å². The minimum Gasteiger partial charge on any atom is -0.349 e. The van der Waals surface area contributed by atoms with Gasteiger partial charge in [-0.1, -0.05) is 13.8 Å². The zero-order valence-electron chi connectivity index (χ0n) is 11.8. The number of rotatable bonds is 6. The molecule has 0 aliphatic carbocycles. The minimum atomic E-state index is -2.87. The lowest BCUT2D eigenvalue weighted by Gasteiger charge is -2.33. The van der Waals surface area contributed by atoms with Gasteiger partial charge >= 0.3 is 0 Å². The maximum Gasteiger partial charge on any atom is 0.230 e. The van der Waals surface area contributed by atoms with Gasteiger partial charge < -0.3 is 11.1 Å². The molecule has 1 saturated heterocycles. The van der Waals surface area contributed by atoms with Gasteiger partial charge in [-0.25, -0.2) is 8.42 Å². The average molecular weight is 308 g/mol. The number of hydrogen-bond donors (Lipinski definition) is 2. The fourth-order valence-electron chi connectivity index (χ4n) is 1.87. The van der Waals surface area contributed by atoms with Crippen LogP contribution in [0.1, 0.15) is 27.2 Å². The van der Waals surface area contributed by atoms with Gasteiger partial charge in [-0.15, -0.1) is 11.8 Å². The van der Waals surface area contributed by atoms with Crippen molar-refractivity contribution in [1.29, 1.82) is 0 Å². The lowest BCUT2D eigenvalue weighted by molar-refractivity contribution is -0.120. The van der Waals surface area contributed by atoms with Crippen molar-refractivity contribution in [3.63, 3.8) is 0 Å². The van der Waals surface area contributed by atoms with Crippen LogP contribution in [-0.4, -0.2) is 48.9 Å². The highest BCUT2D eigenvalue weighted by molar-refractivity contribution is 8.02. The van der Waals surface area contributed by atoms with Crippen LogP contribution in [0.2, 0.25) is 0 Å². The van der Waals surface area contributed by atoms with E-state index in [4.69, 9.17) is 5.73 Å². The van der Waals surface area contributed by atoms with E-state index in [0.717, 1.165) is 0 Å². The van der Waals surface area contributed by atoms with Gasteiger partial charge in [0.1, 0.15) is 0 Å². The van der Waals surface area contributed by atoms with E-state index in [2.05, 4.69) is 5.32 Å². The van der Waals surface area contributed by atoms with Crippen LogP contribution in [0.3, 0.4) is 0 Å². The molecular weight excluding hydrogens is 284 g/mol. The standard InChI is InChI=1S/C12H24N2O3S2/c1-9(2)12(3,8-13)14-11(15)6-18-10-4-5-19(16,17)7-10/h9-10H,4-8,13H2,1-3H3,(H,14,15). The molecule has 1 aliphatic heterocycles. The van der Waals surface area contributed by atoms with E-state index in [1.807, 2.05) is 20.8 Å². The predicted molar refractivity (Wildman–Crippen MR) is 80.0 cm³/mol. The van der Waals surface area contributed by atoms with Crippen LogP contribution in [0.25, 0.3) is 0 Å². The van der Waals surface area contributed by atoms with Crippen molar-refractivity contribution in [3.05, 3.63) is 0 Å². The van der Waals surface area contributed by atoms with Gasteiger partial charge in [-0.2, -0.15) is 0 Å². The summed E-state index contributed by atoms with van der Waals surface area (Å²) in [6.45, 7) is 6.35. The average Bonchev–Trinajstić information content (AvgIpc) is 2.66. The third-order valence-electron chi connectivity index (χ3n) is 3.76. The Bertz CT molecular complexity index is 423. The summed E-state index contributed by atoms with van der Waals surface area (Å²) in [4.78, 5) is 11.9. The molecule has 1 fully saturated rings. The van der Waals surface area contributed by atoms with E-state index in [1.165, 1.54) is 11.8 Å². The van der Waals surface area contributed by atoms with Gasteiger partial charge in [-0.3, -0.25) is 4.79 Å². The largest absolute Gasteiger partial charge is 0.349 e. The third kappa shape index (κ3) is 4.96. The molecule has 7 heteroatoms. The van der Waals surface area contributed by atoms with Gasteiger partial charge in [-0.05, 0) is 19.3 Å². The Morgan fingerprint density at radius 1 is 1.53 bits per heavy atom. The van der Waals surface area contributed by atoms with Crippen molar-refractivity contribution < 1.29 is 13.2 Å². The second-order valence-corrected chi connectivity index (χ2v) is 9.18. The molecule has 0 aromatic heterocycles. The Kier molecular flexibility index (Phi) is 5.70. The smallest absolute Gasteiger partial charge is 0.230 e. The summed E-state index contributed by atoms with van der Waals surface area (Å²) < 4.78 is 22.6. The molecule has 1 rings (SSSR count). The maximum atomic E-state index is 11.9. The van der Waals surface area contributed by atoms with E-state index in [0.29, 0.717) is 18.7 Å². The first-order chi connectivity index (χ1) is 8.68. The minimum absolute atomic E-state index is 0.0546. The number of nitrogens with two attached hydrogens (primary N) is 1. The molecule has 0 radical (unpaired) electrons. The highest BCUT2D eigenvalue weighted by atomic mass is 32.2. The monoisotopic (exact) mass is 308 g/mol. The highest BCUT2D eigenvalue weighted by Gasteiger charge is 2.31. The quantitative estimate of drug-likeness (QED) is 0.741. The van der Waals surface area contributed by atoms with Gasteiger partial charge in [0.25, 0.3) is 0 Å². The van der Waals surface area contributed by atoms with E-state index < -0.39 is 15.4 Å². The van der Waals surface area contributed by atoms with Crippen molar-refractivity contribution in [2.45, 2.75) is 38.0 Å². The van der Waals surface area contributed by atoms with Gasteiger partial charge in [0.15, 0.2) is 9.84 Å². The molecule has 1 heterocycles. The topological polar surface area (TPSA) is 89.3 Å². The maximum absolute atomic E-state index is 11.9. The molecule has 1 aliphatic rings. The molecule has 0 spiro atoms. The van der Waals surface area contributed by atoms with Crippen LogP contribution in [0.4, 0.5) is 0 Å². The molecule has 0 bridgehead atoms. The molecule has 3 N–H and O–H groups in total. The second kappa shape index (κ2) is 6.45. The lowest BCUT2D eigenvalue weighted by Crippen LogP contribution is -2.55. The summed E-state index contributed by atoms with van der Waals surface area (Å²) in [5, 5.41) is 3.01. The highest BCUT2D eigenvalue weighted by Crippen LogP contribution is 2.24. The molecule has 0 saturated carbocycles. The van der Waals surface area contributed by atoms with Crippen molar-refractivity contribution >= 4 is 27.5 Å². The van der Waals surface area contributed by atoms with Crippen LogP contribution in [0.15, 0.2) is 0 Å². The Labute approximate surface area is 120 Å². The predicted octanol–water partition coefficient (Wildman–Crippen LogP) is 0.396. The van der Waals surface area contributed by atoms with E-state index >= 15 is 0 Å². The van der Waals surface area contributed by atoms with Crippen LogP contribution in [0.5, 0.6) is 0 Å². The second-order valence-electron chi connectivity index (χ2n) is 5.66. The van der Waals surface area contributed by atoms with Gasteiger partial charge in [0.2, 0.25) is 5.91 Å². The summed E-state index contributed by atoms with van der Waals surface area (Å²) in [6, 6.07) is 0. The first-order valence-corrected chi connectivity index (χ1v) is 9.38. The number of carbonyl (C=O) groups is 1. The lowest BCUT2D eigenvalue weighted by atomic mass is 9.88. The fourth-order valence-corrected chi connectivity index (χ4v) is 5.31. The first-order valence-electron chi connectivity index (χ1n) is 6.51. The van der Waals surface area contributed by atoms with E-state index in [1.54, 1.807) is 0 Å². The molecule has 5 nitrogen and oxygen atoms in total. The summed E-state index contributed by atoms with van der Waals surface area (Å²) in [6.07, 6.45) is 0.651. The fraction of sp³-hybridized carbons (Fsp3) is 0.917. The Morgan fingerprint density at radius 3 is 2.58 bits per heavy atom. The summed E-state index contributed by atoms with van der Waals surface area (Å²) in [5.74, 6) is 0.916. The van der Waals surface area contributed by atoms with Crippen molar-refractivity contribution in [2.24, 2.45) is 11.7 Å². The Balaban J connectivity index is 2.40. The molecular formula is C12H24N2O3S2. The van der Waals surface area contributed by atoms with Crippen molar-refractivity contribution in [1.82, 2.24) is 5.32 Å². The molecule has 0 aromatic carbocycles. The SMILES string of the molecule is CC(C)C(C)(CN)NC(=O)CSC1CCS(=O)(=O)C1. The van der Waals surface area contributed by atoms with Crippen molar-refractivity contribution in [3.8, 4) is 0 Å². The van der Waals surface area contributed by atoms with Crippen LogP contribution in [0, 0.1) is 5.92 Å². The normalized spacial score (nSPS) is 25.2. The molecule has 2 atom stereocenters. The summed E-state index contributed by atoms with van der Waals surface area (Å²) in [7, 11) is -2.87. The van der Waals surface area contributed by atoms with Crippen LogP contribution < -0.4 is 11.1 Å². The number of hydrogen-bond acceptors (Lipinski definition) is 5. The molecule has 1 amide bonds. The summed E-state index contributed by atoms with van der Waals surface area (Å²) >= 11 is 1.43. The van der Waals surface area contributed by atoms with E-state index in [9.17, 15) is 13.2 Å². The number of thioether (sulfide) groups is 1. The van der Waals surface area contributed by atoms with Gasteiger partial charge in [0, 0.05) is 11.8 Å². The number of sulfone groups is 1. The molecule has 112 valence electrons. The van der Waals surface area contributed by atoms with E-state index in [-0.39, 0.29) is 28.6 Å². The molecule has 0 aromatic rings. The van der Waals surface area contributed by atoms with Crippen LogP contribution >= 0.6 is 11.8 Å². The first kappa shape index (κ1) is 16.8. The van der Waals surface area contributed by atoms with Crippen LogP contribution in [-0.2, 0) is 14.6 Å². The zero-order valence-corrected chi connectivity index (χ0v) is 13.4.